The van der Waals surface area contributed by atoms with E-state index in [0.29, 0.717) is 0 Å². The summed E-state index contributed by atoms with van der Waals surface area (Å²) in [5, 5.41) is 0. The summed E-state index contributed by atoms with van der Waals surface area (Å²) in [6.45, 7) is 3.50. The Balaban J connectivity index is 1.81. The van der Waals surface area contributed by atoms with Gasteiger partial charge in [-0.25, -0.2) is 4.79 Å². The van der Waals surface area contributed by atoms with Crippen LogP contribution in [-0.4, -0.2) is 25.0 Å². The van der Waals surface area contributed by atoms with Gasteiger partial charge in [-0.1, -0.05) is 48.5 Å². The van der Waals surface area contributed by atoms with Gasteiger partial charge in [0.15, 0.2) is 0 Å². The Morgan fingerprint density at radius 2 is 1.50 bits per heavy atom. The maximum Gasteiger partial charge on any atom is 0.511 e. The molecule has 0 fully saturated rings. The zero-order valence-corrected chi connectivity index (χ0v) is 13.5. The molecule has 24 heavy (non-hydrogen) atoms. The molecular weight excluding hydrogens is 308 g/mol. The number of hydrogen-bond acceptors (Lipinski definition) is 5. The molecule has 124 valence electrons. The lowest BCUT2D eigenvalue weighted by atomic mass is 9.92. The molecule has 0 aromatic heterocycles. The van der Waals surface area contributed by atoms with Crippen molar-refractivity contribution in [1.82, 2.24) is 0 Å². The molecule has 1 aliphatic rings. The second kappa shape index (κ2) is 6.74. The average Bonchev–Trinajstić information content (AvgIpc) is 2.89. The van der Waals surface area contributed by atoms with Gasteiger partial charge in [0.05, 0.1) is 0 Å². The Hall–Kier alpha value is -2.82. The first-order valence-corrected chi connectivity index (χ1v) is 7.76. The Labute approximate surface area is 140 Å². The van der Waals surface area contributed by atoms with E-state index >= 15 is 0 Å². The number of ether oxygens (including phenoxy) is 3. The summed E-state index contributed by atoms with van der Waals surface area (Å²) in [6.07, 6.45) is -2.27. The van der Waals surface area contributed by atoms with Crippen molar-refractivity contribution < 1.29 is 23.8 Å². The molecule has 0 N–H and O–H groups in total. The van der Waals surface area contributed by atoms with Gasteiger partial charge in [-0.05, 0) is 29.2 Å². The van der Waals surface area contributed by atoms with Crippen LogP contribution in [0.25, 0.3) is 11.1 Å². The number of carbonyl (C=O) groups is 2. The Morgan fingerprint density at radius 1 is 0.958 bits per heavy atom. The zero-order valence-electron chi connectivity index (χ0n) is 13.5. The fourth-order valence-corrected chi connectivity index (χ4v) is 3.19. The van der Waals surface area contributed by atoms with Crippen LogP contribution in [0.5, 0.6) is 0 Å². The van der Waals surface area contributed by atoms with Crippen LogP contribution in [0.4, 0.5) is 4.79 Å². The highest BCUT2D eigenvalue weighted by molar-refractivity contribution is 5.79. The first kappa shape index (κ1) is 16.1. The van der Waals surface area contributed by atoms with Gasteiger partial charge in [-0.2, -0.15) is 0 Å². The van der Waals surface area contributed by atoms with E-state index in [1.807, 2.05) is 43.3 Å². The van der Waals surface area contributed by atoms with Crippen LogP contribution < -0.4 is 0 Å². The minimum absolute atomic E-state index is 0.0627. The summed E-state index contributed by atoms with van der Waals surface area (Å²) in [5.41, 5.74) is 4.55. The van der Waals surface area contributed by atoms with E-state index in [4.69, 9.17) is 9.47 Å². The van der Waals surface area contributed by atoms with E-state index in [-0.39, 0.29) is 12.4 Å². The monoisotopic (exact) mass is 326 g/mol. The van der Waals surface area contributed by atoms with Crippen molar-refractivity contribution in [2.45, 2.75) is 32.2 Å². The van der Waals surface area contributed by atoms with Crippen molar-refractivity contribution in [3.05, 3.63) is 59.7 Å². The van der Waals surface area contributed by atoms with Gasteiger partial charge in [-0.3, -0.25) is 4.79 Å². The largest absolute Gasteiger partial charge is 0.511 e. The number of hydrogen-bond donors (Lipinski definition) is 0. The van der Waals surface area contributed by atoms with Crippen molar-refractivity contribution in [1.29, 1.82) is 0 Å². The predicted molar refractivity (Wildman–Crippen MR) is 87.4 cm³/mol. The van der Waals surface area contributed by atoms with Gasteiger partial charge < -0.3 is 14.2 Å². The fourth-order valence-electron chi connectivity index (χ4n) is 3.19. The van der Waals surface area contributed by atoms with Gasteiger partial charge in [0.2, 0.25) is 6.29 Å². The molecule has 0 aliphatic heterocycles. The first-order valence-electron chi connectivity index (χ1n) is 7.76. The Bertz CT molecular complexity index is 709. The van der Waals surface area contributed by atoms with Gasteiger partial charge in [0, 0.05) is 12.8 Å². The molecule has 0 saturated carbocycles. The lowest BCUT2D eigenvalue weighted by molar-refractivity contribution is -0.153. The first-order chi connectivity index (χ1) is 11.6. The molecule has 3 rings (SSSR count). The van der Waals surface area contributed by atoms with Crippen molar-refractivity contribution in [2.75, 3.05) is 0 Å². The normalized spacial score (nSPS) is 14.9. The van der Waals surface area contributed by atoms with Crippen molar-refractivity contribution >= 4 is 12.6 Å². The standard InChI is InChI=1S/C19H18O5/c1-12(23-19(21)24-13(2)22-11-20)18-16-9-5-3-7-14(16)15-8-4-6-10-17(15)18/h3-13,18H,1-2H3. The average molecular weight is 326 g/mol. The third-order valence-corrected chi connectivity index (χ3v) is 4.14. The van der Waals surface area contributed by atoms with Crippen LogP contribution in [0.15, 0.2) is 48.5 Å². The summed E-state index contributed by atoms with van der Waals surface area (Å²) < 4.78 is 14.8. The highest BCUT2D eigenvalue weighted by atomic mass is 16.8. The molecule has 0 amide bonds. The fraction of sp³-hybridized carbons (Fsp3) is 0.263. The summed E-state index contributed by atoms with van der Waals surface area (Å²) in [7, 11) is 0. The molecule has 2 unspecified atom stereocenters. The number of fused-ring (bicyclic) bond motifs is 3. The van der Waals surface area contributed by atoms with Gasteiger partial charge in [0.1, 0.15) is 6.10 Å². The van der Waals surface area contributed by atoms with Crippen molar-refractivity contribution in [3.8, 4) is 11.1 Å². The van der Waals surface area contributed by atoms with E-state index in [9.17, 15) is 9.59 Å². The summed E-state index contributed by atoms with van der Waals surface area (Å²) >= 11 is 0. The smallest absolute Gasteiger partial charge is 0.430 e. The zero-order chi connectivity index (χ0) is 17.1. The van der Waals surface area contributed by atoms with Gasteiger partial charge in [0.25, 0.3) is 6.47 Å². The van der Waals surface area contributed by atoms with Crippen LogP contribution in [-0.2, 0) is 19.0 Å². The highest BCUT2D eigenvalue weighted by Gasteiger charge is 2.34. The second-order valence-electron chi connectivity index (χ2n) is 5.64. The van der Waals surface area contributed by atoms with Crippen LogP contribution in [0.3, 0.4) is 0 Å². The van der Waals surface area contributed by atoms with Gasteiger partial charge in [-0.15, -0.1) is 0 Å². The topological polar surface area (TPSA) is 61.8 Å². The summed E-state index contributed by atoms with van der Waals surface area (Å²) in [6, 6.07) is 16.2. The molecule has 0 saturated heterocycles. The Morgan fingerprint density at radius 3 is 2.04 bits per heavy atom. The van der Waals surface area contributed by atoms with E-state index < -0.39 is 18.5 Å². The quantitative estimate of drug-likeness (QED) is 0.474. The maximum absolute atomic E-state index is 11.9. The van der Waals surface area contributed by atoms with Crippen molar-refractivity contribution in [2.24, 2.45) is 0 Å². The maximum atomic E-state index is 11.9. The molecule has 2 atom stereocenters. The van der Waals surface area contributed by atoms with E-state index in [0.717, 1.165) is 22.3 Å². The number of benzene rings is 2. The van der Waals surface area contributed by atoms with Gasteiger partial charge >= 0.3 is 6.16 Å². The van der Waals surface area contributed by atoms with Crippen LogP contribution >= 0.6 is 0 Å². The third-order valence-electron chi connectivity index (χ3n) is 4.14. The molecule has 0 bridgehead atoms. The van der Waals surface area contributed by atoms with Crippen LogP contribution in [0.2, 0.25) is 0 Å². The summed E-state index contributed by atoms with van der Waals surface area (Å²) in [5.74, 6) is -0.0627. The number of carbonyl (C=O) groups excluding carboxylic acids is 2. The van der Waals surface area contributed by atoms with Crippen molar-refractivity contribution in [3.63, 3.8) is 0 Å². The molecule has 2 aromatic rings. The third kappa shape index (κ3) is 2.97. The lowest BCUT2D eigenvalue weighted by Gasteiger charge is -2.22. The minimum atomic E-state index is -0.981. The minimum Gasteiger partial charge on any atom is -0.430 e. The van der Waals surface area contributed by atoms with Crippen LogP contribution in [0, 0.1) is 0 Å². The second-order valence-corrected chi connectivity index (χ2v) is 5.64. The Kier molecular flexibility index (Phi) is 4.51. The molecule has 0 heterocycles. The highest BCUT2D eigenvalue weighted by Crippen LogP contribution is 2.46. The summed E-state index contributed by atoms with van der Waals surface area (Å²) in [4.78, 5) is 22.1. The molecular formula is C19H18O5. The molecule has 5 heteroatoms. The lowest BCUT2D eigenvalue weighted by Crippen LogP contribution is -2.26. The molecule has 1 aliphatic carbocycles. The molecule has 2 aromatic carbocycles. The molecule has 0 radical (unpaired) electrons. The van der Waals surface area contributed by atoms with E-state index in [1.54, 1.807) is 0 Å². The SMILES string of the molecule is CC(OC=O)OC(=O)OC(C)C1c2ccccc2-c2ccccc21. The molecule has 0 spiro atoms. The van der Waals surface area contributed by atoms with E-state index in [1.165, 1.54) is 6.92 Å². The number of rotatable bonds is 5. The molecule has 5 nitrogen and oxygen atoms in total. The van der Waals surface area contributed by atoms with E-state index in [2.05, 4.69) is 16.9 Å². The predicted octanol–water partition coefficient (Wildman–Crippen LogP) is 3.86. The van der Waals surface area contributed by atoms with Crippen LogP contribution in [0.1, 0.15) is 30.9 Å².